The van der Waals surface area contributed by atoms with Crippen LogP contribution in [0.5, 0.6) is 0 Å². The third kappa shape index (κ3) is 3.06. The Hall–Kier alpha value is -2.95. The molecule has 2 aromatic heterocycles. The normalized spacial score (nSPS) is 12.1. The van der Waals surface area contributed by atoms with Crippen molar-refractivity contribution in [2.75, 3.05) is 5.32 Å². The summed E-state index contributed by atoms with van der Waals surface area (Å²) in [5, 5.41) is 3.64. The molecule has 5 heteroatoms. The highest BCUT2D eigenvalue weighted by molar-refractivity contribution is 6.41. The molecular formula is C19H18N3O2. The number of rotatable bonds is 5. The first-order valence-corrected chi connectivity index (χ1v) is 7.89. The van der Waals surface area contributed by atoms with Gasteiger partial charge < -0.3 is 10.3 Å². The van der Waals surface area contributed by atoms with E-state index in [4.69, 9.17) is 0 Å². The topological polar surface area (TPSA) is 74.8 Å². The molecule has 0 saturated heterocycles. The quantitative estimate of drug-likeness (QED) is 0.706. The largest absolute Gasteiger partial charge is 0.346 e. The first-order chi connectivity index (χ1) is 11.6. The maximum absolute atomic E-state index is 12.0. The number of carbonyl (C=O) groups excluding carboxylic acids is 2. The molecule has 2 N–H and O–H groups in total. The van der Waals surface area contributed by atoms with Crippen LogP contribution < -0.4 is 5.32 Å². The highest BCUT2D eigenvalue weighted by Gasteiger charge is 2.19. The van der Waals surface area contributed by atoms with Gasteiger partial charge in [0.15, 0.2) is 0 Å². The molecule has 0 spiro atoms. The molecule has 0 aliphatic carbocycles. The molecule has 24 heavy (non-hydrogen) atoms. The Bertz CT molecular complexity index is 898. The lowest BCUT2D eigenvalue weighted by Gasteiger charge is -2.09. The second kappa shape index (κ2) is 6.66. The summed E-state index contributed by atoms with van der Waals surface area (Å²) < 4.78 is 0. The lowest BCUT2D eigenvalue weighted by molar-refractivity contribution is -0.137. The fraction of sp³-hybridized carbons (Fsp3) is 0.211. The molecule has 1 amide bonds. The van der Waals surface area contributed by atoms with E-state index in [0.717, 1.165) is 22.2 Å². The highest BCUT2D eigenvalue weighted by atomic mass is 16.2. The van der Waals surface area contributed by atoms with Crippen molar-refractivity contribution in [2.24, 2.45) is 5.92 Å². The van der Waals surface area contributed by atoms with Crippen molar-refractivity contribution in [3.8, 4) is 11.1 Å². The fourth-order valence-electron chi connectivity index (χ4n) is 2.50. The van der Waals surface area contributed by atoms with Crippen LogP contribution in [0.2, 0.25) is 0 Å². The highest BCUT2D eigenvalue weighted by Crippen LogP contribution is 2.29. The molecule has 1 atom stereocenters. The van der Waals surface area contributed by atoms with Crippen molar-refractivity contribution in [1.82, 2.24) is 9.97 Å². The smallest absolute Gasteiger partial charge is 0.292 e. The monoisotopic (exact) mass is 320 g/mol. The molecule has 2 heterocycles. The number of nitrogens with one attached hydrogen (secondary N) is 2. The Balaban J connectivity index is 1.87. The Morgan fingerprint density at radius 3 is 3.00 bits per heavy atom. The van der Waals surface area contributed by atoms with Crippen LogP contribution in [-0.2, 0) is 9.59 Å². The van der Waals surface area contributed by atoms with Gasteiger partial charge in [0.05, 0.1) is 0 Å². The van der Waals surface area contributed by atoms with E-state index in [1.54, 1.807) is 19.2 Å². The SMILES string of the molecule is CCC(C)C(=O)C(=O)Nc1cccc(-c2c[nH]c3nc[c]cc23)c1. The number of carbonyl (C=O) groups is 2. The lowest BCUT2D eigenvalue weighted by atomic mass is 10.0. The number of amides is 1. The molecule has 0 bridgehead atoms. The molecule has 1 aromatic carbocycles. The molecule has 1 unspecified atom stereocenters. The van der Waals surface area contributed by atoms with Crippen LogP contribution in [0.4, 0.5) is 5.69 Å². The van der Waals surface area contributed by atoms with Gasteiger partial charge in [-0.1, -0.05) is 26.0 Å². The number of fused-ring (bicyclic) bond motifs is 1. The number of H-pyrrole nitrogens is 1. The van der Waals surface area contributed by atoms with Crippen molar-refractivity contribution in [3.05, 3.63) is 48.8 Å². The molecule has 3 rings (SSSR count). The number of nitrogens with zero attached hydrogens (tertiary/aromatic N) is 1. The second-order valence-electron chi connectivity index (χ2n) is 5.74. The number of aromatic amines is 1. The van der Waals surface area contributed by atoms with Gasteiger partial charge in [0.2, 0.25) is 5.78 Å². The number of aromatic nitrogens is 2. The van der Waals surface area contributed by atoms with E-state index in [-0.39, 0.29) is 5.92 Å². The Morgan fingerprint density at radius 1 is 1.38 bits per heavy atom. The maximum atomic E-state index is 12.0. The molecule has 0 aliphatic rings. The van der Waals surface area contributed by atoms with Crippen LogP contribution in [0.25, 0.3) is 22.2 Å². The lowest BCUT2D eigenvalue weighted by Crippen LogP contribution is -2.27. The van der Waals surface area contributed by atoms with E-state index in [1.807, 2.05) is 37.4 Å². The summed E-state index contributed by atoms with van der Waals surface area (Å²) in [7, 11) is 0. The van der Waals surface area contributed by atoms with E-state index < -0.39 is 11.7 Å². The molecule has 5 nitrogen and oxygen atoms in total. The summed E-state index contributed by atoms with van der Waals surface area (Å²) in [6.45, 7) is 3.65. The summed E-state index contributed by atoms with van der Waals surface area (Å²) in [5.74, 6) is -1.24. The average Bonchev–Trinajstić information content (AvgIpc) is 3.04. The standard InChI is InChI=1S/C19H18N3O2/c1-3-12(2)17(23)19(24)22-14-7-4-6-13(10-14)16-11-21-18-15(16)8-5-9-20-18/h4,6-12H,3H2,1-2H3,(H,20,21)(H,22,24). The van der Waals surface area contributed by atoms with E-state index in [0.29, 0.717) is 12.1 Å². The van der Waals surface area contributed by atoms with Crippen LogP contribution in [0.1, 0.15) is 20.3 Å². The molecule has 3 aromatic rings. The van der Waals surface area contributed by atoms with Crippen LogP contribution in [0.15, 0.2) is 42.7 Å². The van der Waals surface area contributed by atoms with Crippen LogP contribution in [0, 0.1) is 12.0 Å². The van der Waals surface area contributed by atoms with Gasteiger partial charge >= 0.3 is 0 Å². The summed E-state index contributed by atoms with van der Waals surface area (Å²) >= 11 is 0. The summed E-state index contributed by atoms with van der Waals surface area (Å²) in [4.78, 5) is 31.3. The van der Waals surface area contributed by atoms with Crippen molar-refractivity contribution in [2.45, 2.75) is 20.3 Å². The zero-order valence-electron chi connectivity index (χ0n) is 13.6. The van der Waals surface area contributed by atoms with Crippen molar-refractivity contribution in [1.29, 1.82) is 0 Å². The molecular weight excluding hydrogens is 302 g/mol. The number of hydrogen-bond donors (Lipinski definition) is 2. The molecule has 121 valence electrons. The zero-order valence-corrected chi connectivity index (χ0v) is 13.6. The molecule has 0 saturated carbocycles. The van der Waals surface area contributed by atoms with Gasteiger partial charge in [0.1, 0.15) is 5.65 Å². The molecule has 0 fully saturated rings. The van der Waals surface area contributed by atoms with Gasteiger partial charge in [-0.2, -0.15) is 0 Å². The number of Topliss-reactive ketones (excluding diaryl/α,β-unsaturated/α-hetero) is 1. The van der Waals surface area contributed by atoms with Gasteiger partial charge in [0, 0.05) is 41.0 Å². The van der Waals surface area contributed by atoms with E-state index in [9.17, 15) is 9.59 Å². The third-order valence-corrected chi connectivity index (χ3v) is 4.11. The average molecular weight is 320 g/mol. The van der Waals surface area contributed by atoms with Gasteiger partial charge in [-0.3, -0.25) is 9.59 Å². The maximum Gasteiger partial charge on any atom is 0.292 e. The minimum atomic E-state index is -0.574. The predicted molar refractivity (Wildman–Crippen MR) is 93.5 cm³/mol. The summed E-state index contributed by atoms with van der Waals surface area (Å²) in [5.41, 5.74) is 3.27. The van der Waals surface area contributed by atoms with E-state index in [2.05, 4.69) is 21.4 Å². The fourth-order valence-corrected chi connectivity index (χ4v) is 2.50. The minimum absolute atomic E-state index is 0.275. The van der Waals surface area contributed by atoms with Gasteiger partial charge in [-0.05, 0) is 30.2 Å². The van der Waals surface area contributed by atoms with Gasteiger partial charge in [-0.25, -0.2) is 4.98 Å². The summed E-state index contributed by atoms with van der Waals surface area (Å²) in [6, 6.07) is 12.2. The minimum Gasteiger partial charge on any atom is -0.346 e. The van der Waals surface area contributed by atoms with Gasteiger partial charge in [0.25, 0.3) is 5.91 Å². The first-order valence-electron chi connectivity index (χ1n) is 7.89. The zero-order chi connectivity index (χ0) is 17.1. The Morgan fingerprint density at radius 2 is 2.21 bits per heavy atom. The Labute approximate surface area is 140 Å². The van der Waals surface area contributed by atoms with Crippen LogP contribution >= 0.6 is 0 Å². The third-order valence-electron chi connectivity index (χ3n) is 4.11. The van der Waals surface area contributed by atoms with Crippen LogP contribution in [0.3, 0.4) is 0 Å². The van der Waals surface area contributed by atoms with Crippen molar-refractivity contribution < 1.29 is 9.59 Å². The number of benzene rings is 1. The number of ketones is 1. The number of pyridine rings is 1. The number of hydrogen-bond acceptors (Lipinski definition) is 3. The van der Waals surface area contributed by atoms with E-state index >= 15 is 0 Å². The van der Waals surface area contributed by atoms with E-state index in [1.165, 1.54) is 0 Å². The van der Waals surface area contributed by atoms with Crippen LogP contribution in [-0.4, -0.2) is 21.7 Å². The second-order valence-corrected chi connectivity index (χ2v) is 5.74. The predicted octanol–water partition coefficient (Wildman–Crippen LogP) is 3.58. The van der Waals surface area contributed by atoms with Crippen molar-refractivity contribution >= 4 is 28.4 Å². The molecule has 1 radical (unpaired) electrons. The first kappa shape index (κ1) is 15.9. The molecule has 0 aliphatic heterocycles. The summed E-state index contributed by atoms with van der Waals surface area (Å²) in [6.07, 6.45) is 4.13. The van der Waals surface area contributed by atoms with Gasteiger partial charge in [-0.15, -0.1) is 0 Å². The Kier molecular flexibility index (Phi) is 4.42. The number of anilines is 1. The van der Waals surface area contributed by atoms with Crippen molar-refractivity contribution in [3.63, 3.8) is 0 Å².